The van der Waals surface area contributed by atoms with E-state index in [2.05, 4.69) is 29.1 Å². The van der Waals surface area contributed by atoms with Crippen molar-refractivity contribution in [1.29, 1.82) is 0 Å². The molecule has 4 nitrogen and oxygen atoms in total. The van der Waals surface area contributed by atoms with E-state index in [-0.39, 0.29) is 12.4 Å². The molecule has 0 spiro atoms. The molecule has 0 saturated carbocycles. The number of ether oxygens (including phenoxy) is 1. The quantitative estimate of drug-likeness (QED) is 0.939. The molecule has 0 atom stereocenters. The van der Waals surface area contributed by atoms with Gasteiger partial charge in [0.2, 0.25) is 0 Å². The van der Waals surface area contributed by atoms with Crippen LogP contribution in [0.25, 0.3) is 10.2 Å². The van der Waals surface area contributed by atoms with Gasteiger partial charge in [-0.05, 0) is 39.2 Å². The molecule has 2 aromatic rings. The van der Waals surface area contributed by atoms with Crippen LogP contribution in [0.2, 0.25) is 0 Å². The number of rotatable bonds is 3. The minimum atomic E-state index is 0. The lowest BCUT2D eigenvalue weighted by molar-refractivity contribution is 0.0776. The zero-order valence-corrected chi connectivity index (χ0v) is 14.4. The molecule has 0 aromatic carbocycles. The fourth-order valence-corrected chi connectivity index (χ4v) is 4.05. The summed E-state index contributed by atoms with van der Waals surface area (Å²) in [6.45, 7) is 8.91. The molecule has 0 radical (unpaired) electrons. The smallest absolute Gasteiger partial charge is 0.127 e. The number of thiophene rings is 1. The first-order valence-electron chi connectivity index (χ1n) is 7.19. The van der Waals surface area contributed by atoms with Gasteiger partial charge in [-0.3, -0.25) is 0 Å². The first kappa shape index (κ1) is 16.6. The third-order valence-electron chi connectivity index (χ3n) is 3.95. The van der Waals surface area contributed by atoms with E-state index < -0.39 is 0 Å². The van der Waals surface area contributed by atoms with Gasteiger partial charge in [-0.1, -0.05) is 0 Å². The van der Waals surface area contributed by atoms with E-state index in [0.29, 0.717) is 6.04 Å². The van der Waals surface area contributed by atoms with Crippen LogP contribution in [0.15, 0.2) is 0 Å². The highest BCUT2D eigenvalue weighted by Crippen LogP contribution is 2.31. The number of aromatic nitrogens is 2. The van der Waals surface area contributed by atoms with Crippen molar-refractivity contribution in [3.8, 4) is 0 Å². The average molecular weight is 328 g/mol. The second kappa shape index (κ2) is 7.01. The normalized spacial score (nSPS) is 16.1. The standard InChI is InChI=1S/C15H21N3OS.ClH/c1-9-13(8-16-12-4-6-19-7-5-12)20-15-14(9)10(2)17-11(3)18-15;/h12,16H,4-8H2,1-3H3;1H. The van der Waals surface area contributed by atoms with E-state index in [1.54, 1.807) is 11.3 Å². The first-order valence-corrected chi connectivity index (χ1v) is 8.01. The molecule has 0 aliphatic carbocycles. The summed E-state index contributed by atoms with van der Waals surface area (Å²) in [5, 5.41) is 4.90. The summed E-state index contributed by atoms with van der Waals surface area (Å²) in [6.07, 6.45) is 2.23. The molecule has 116 valence electrons. The number of halogens is 1. The molecular weight excluding hydrogens is 306 g/mol. The summed E-state index contributed by atoms with van der Waals surface area (Å²) in [4.78, 5) is 11.6. The van der Waals surface area contributed by atoms with Crippen molar-refractivity contribution in [3.05, 3.63) is 22.0 Å². The van der Waals surface area contributed by atoms with E-state index in [4.69, 9.17) is 4.74 Å². The Balaban J connectivity index is 0.00000161. The minimum absolute atomic E-state index is 0. The highest BCUT2D eigenvalue weighted by Gasteiger charge is 2.16. The van der Waals surface area contributed by atoms with Gasteiger partial charge in [0, 0.05) is 41.8 Å². The maximum absolute atomic E-state index is 5.40. The molecule has 21 heavy (non-hydrogen) atoms. The third-order valence-corrected chi connectivity index (χ3v) is 5.14. The van der Waals surface area contributed by atoms with Crippen molar-refractivity contribution in [3.63, 3.8) is 0 Å². The molecule has 1 aliphatic rings. The van der Waals surface area contributed by atoms with E-state index >= 15 is 0 Å². The zero-order chi connectivity index (χ0) is 14.1. The average Bonchev–Trinajstić information content (AvgIpc) is 2.74. The Bertz CT molecular complexity index is 623. The van der Waals surface area contributed by atoms with Crippen LogP contribution in [0, 0.1) is 20.8 Å². The molecular formula is C15H22ClN3OS. The van der Waals surface area contributed by atoms with Gasteiger partial charge in [-0.25, -0.2) is 9.97 Å². The molecule has 3 rings (SSSR count). The summed E-state index contributed by atoms with van der Waals surface area (Å²) in [5.74, 6) is 0.861. The second-order valence-corrected chi connectivity index (χ2v) is 6.54. The van der Waals surface area contributed by atoms with Crippen LogP contribution >= 0.6 is 23.7 Å². The minimum Gasteiger partial charge on any atom is -0.381 e. The molecule has 6 heteroatoms. The monoisotopic (exact) mass is 327 g/mol. The lowest BCUT2D eigenvalue weighted by Gasteiger charge is -2.23. The van der Waals surface area contributed by atoms with Gasteiger partial charge < -0.3 is 10.1 Å². The number of hydrogen-bond acceptors (Lipinski definition) is 5. The first-order chi connectivity index (χ1) is 9.65. The lowest BCUT2D eigenvalue weighted by Crippen LogP contribution is -2.34. The van der Waals surface area contributed by atoms with Gasteiger partial charge in [0.05, 0.1) is 0 Å². The van der Waals surface area contributed by atoms with Crippen molar-refractivity contribution >= 4 is 34.0 Å². The third kappa shape index (κ3) is 3.54. The fourth-order valence-electron chi connectivity index (χ4n) is 2.83. The van der Waals surface area contributed by atoms with Crippen LogP contribution in [0.4, 0.5) is 0 Å². The molecule has 0 unspecified atom stereocenters. The highest BCUT2D eigenvalue weighted by atomic mass is 35.5. The molecule has 1 aliphatic heterocycles. The topological polar surface area (TPSA) is 47.0 Å². The zero-order valence-electron chi connectivity index (χ0n) is 12.7. The SMILES string of the molecule is Cc1nc(C)c2c(C)c(CNC3CCOCC3)sc2n1.Cl. The number of nitrogens with zero attached hydrogens (tertiary/aromatic N) is 2. The Morgan fingerprint density at radius 3 is 2.62 bits per heavy atom. The molecule has 1 fully saturated rings. The Morgan fingerprint density at radius 1 is 1.19 bits per heavy atom. The lowest BCUT2D eigenvalue weighted by atomic mass is 10.1. The van der Waals surface area contributed by atoms with Crippen LogP contribution in [0.5, 0.6) is 0 Å². The summed E-state index contributed by atoms with van der Waals surface area (Å²) in [5.41, 5.74) is 2.43. The Kier molecular flexibility index (Phi) is 5.54. The number of hydrogen-bond donors (Lipinski definition) is 1. The van der Waals surface area contributed by atoms with Crippen molar-refractivity contribution in [2.45, 2.75) is 46.2 Å². The summed E-state index contributed by atoms with van der Waals surface area (Å²) < 4.78 is 5.40. The maximum Gasteiger partial charge on any atom is 0.127 e. The van der Waals surface area contributed by atoms with Gasteiger partial charge in [0.1, 0.15) is 10.7 Å². The Morgan fingerprint density at radius 2 is 1.90 bits per heavy atom. The predicted molar refractivity (Wildman–Crippen MR) is 89.6 cm³/mol. The number of fused-ring (bicyclic) bond motifs is 1. The van der Waals surface area contributed by atoms with Crippen molar-refractivity contribution in [2.75, 3.05) is 13.2 Å². The highest BCUT2D eigenvalue weighted by molar-refractivity contribution is 7.18. The van der Waals surface area contributed by atoms with E-state index in [1.165, 1.54) is 15.8 Å². The van der Waals surface area contributed by atoms with E-state index in [1.807, 2.05) is 6.92 Å². The maximum atomic E-state index is 5.40. The Hall–Kier alpha value is -0.750. The Labute approximate surface area is 135 Å². The van der Waals surface area contributed by atoms with Crippen molar-refractivity contribution in [1.82, 2.24) is 15.3 Å². The van der Waals surface area contributed by atoms with Crippen molar-refractivity contribution < 1.29 is 4.74 Å². The molecule has 1 saturated heterocycles. The predicted octanol–water partition coefficient (Wildman–Crippen LogP) is 3.31. The molecule has 0 bridgehead atoms. The van der Waals surface area contributed by atoms with Gasteiger partial charge in [0.25, 0.3) is 0 Å². The summed E-state index contributed by atoms with van der Waals surface area (Å²) in [6, 6.07) is 0.585. The van der Waals surface area contributed by atoms with Crippen LogP contribution in [-0.4, -0.2) is 29.2 Å². The van der Waals surface area contributed by atoms with Crippen molar-refractivity contribution in [2.24, 2.45) is 0 Å². The second-order valence-electron chi connectivity index (χ2n) is 5.45. The largest absolute Gasteiger partial charge is 0.381 e. The molecule has 0 amide bonds. The number of aryl methyl sites for hydroxylation is 3. The van der Waals surface area contributed by atoms with Gasteiger partial charge in [0.15, 0.2) is 0 Å². The van der Waals surface area contributed by atoms with Gasteiger partial charge in [-0.15, -0.1) is 23.7 Å². The van der Waals surface area contributed by atoms with Crippen LogP contribution in [-0.2, 0) is 11.3 Å². The molecule has 2 aromatic heterocycles. The fraction of sp³-hybridized carbons (Fsp3) is 0.600. The number of nitrogens with one attached hydrogen (secondary N) is 1. The molecule has 3 heterocycles. The molecule has 1 N–H and O–H groups in total. The van der Waals surface area contributed by atoms with Crippen LogP contribution in [0.1, 0.15) is 34.8 Å². The van der Waals surface area contributed by atoms with E-state index in [0.717, 1.165) is 48.9 Å². The summed E-state index contributed by atoms with van der Waals surface area (Å²) >= 11 is 1.80. The van der Waals surface area contributed by atoms with Crippen LogP contribution in [0.3, 0.4) is 0 Å². The van der Waals surface area contributed by atoms with Crippen LogP contribution < -0.4 is 5.32 Å². The summed E-state index contributed by atoms with van der Waals surface area (Å²) in [7, 11) is 0. The van der Waals surface area contributed by atoms with Gasteiger partial charge >= 0.3 is 0 Å². The van der Waals surface area contributed by atoms with Gasteiger partial charge in [-0.2, -0.15) is 0 Å². The van der Waals surface area contributed by atoms with E-state index in [9.17, 15) is 0 Å².